The van der Waals surface area contributed by atoms with E-state index in [9.17, 15) is 0 Å². The van der Waals surface area contributed by atoms with Crippen molar-refractivity contribution in [2.45, 2.75) is 39.4 Å². The maximum Gasteiger partial charge on any atom is 0.109 e. The van der Waals surface area contributed by atoms with Crippen LogP contribution in [0.2, 0.25) is 13.1 Å². The van der Waals surface area contributed by atoms with E-state index < -0.39 is 8.80 Å². The molecule has 0 spiro atoms. The van der Waals surface area contributed by atoms with E-state index in [-0.39, 0.29) is 5.54 Å². The lowest BCUT2D eigenvalue weighted by Gasteiger charge is -2.16. The van der Waals surface area contributed by atoms with Gasteiger partial charge >= 0.3 is 0 Å². The third-order valence-corrected chi connectivity index (χ3v) is 2.86. The third-order valence-electron chi connectivity index (χ3n) is 1.60. The van der Waals surface area contributed by atoms with Gasteiger partial charge in [-0.1, -0.05) is 13.1 Å². The molecule has 67 valence electrons. The average Bonchev–Trinajstić information content (AvgIpc) is 2.30. The van der Waals surface area contributed by atoms with Crippen molar-refractivity contribution in [1.29, 1.82) is 0 Å². The van der Waals surface area contributed by atoms with Gasteiger partial charge in [-0.3, -0.25) is 0 Å². The summed E-state index contributed by atoms with van der Waals surface area (Å²) in [5.41, 5.74) is 0.00949. The van der Waals surface area contributed by atoms with Crippen molar-refractivity contribution >= 4 is 14.1 Å². The van der Waals surface area contributed by atoms with E-state index in [0.717, 1.165) is 5.32 Å². The van der Waals surface area contributed by atoms with Crippen molar-refractivity contribution in [3.63, 3.8) is 0 Å². The summed E-state index contributed by atoms with van der Waals surface area (Å²) < 4.78 is 0. The lowest BCUT2D eigenvalue weighted by atomic mass is 10.1. The summed E-state index contributed by atoms with van der Waals surface area (Å²) in [5.74, 6) is 0. The molecule has 0 amide bonds. The summed E-state index contributed by atoms with van der Waals surface area (Å²) in [6.45, 7) is 10.8. The Labute approximate surface area is 75.4 Å². The van der Waals surface area contributed by atoms with Gasteiger partial charge in [0.2, 0.25) is 0 Å². The molecule has 0 aliphatic carbocycles. The monoisotopic (exact) mass is 182 g/mol. The van der Waals surface area contributed by atoms with Crippen LogP contribution in [0.25, 0.3) is 0 Å². The topological polar surface area (TPSA) is 30.7 Å². The fourth-order valence-electron chi connectivity index (χ4n) is 0.815. The molecule has 0 aromatic carbocycles. The van der Waals surface area contributed by atoms with Crippen LogP contribution in [0.3, 0.4) is 0 Å². The summed E-state index contributed by atoms with van der Waals surface area (Å²) >= 11 is 0. The number of hydrogen-bond donors (Lipinski definition) is 0. The Kier molecular flexibility index (Phi) is 2.37. The molecule has 0 saturated heterocycles. The highest BCUT2D eigenvalue weighted by atomic mass is 28.3. The maximum atomic E-state index is 4.43. The van der Waals surface area contributed by atoms with E-state index in [2.05, 4.69) is 44.1 Å². The average molecular weight is 182 g/mol. The summed E-state index contributed by atoms with van der Waals surface area (Å²) in [7, 11) is -0.445. The second-order valence-corrected chi connectivity index (χ2v) is 6.70. The van der Waals surface area contributed by atoms with Crippen LogP contribution in [-0.4, -0.2) is 23.8 Å². The zero-order chi connectivity index (χ0) is 9.35. The van der Waals surface area contributed by atoms with Gasteiger partial charge in [-0.05, 0) is 20.8 Å². The summed E-state index contributed by atoms with van der Waals surface area (Å²) in [6.07, 6.45) is 1.89. The van der Waals surface area contributed by atoms with Crippen molar-refractivity contribution in [1.82, 2.24) is 15.0 Å². The third kappa shape index (κ3) is 1.94. The SMILES string of the molecule is C[Si](C)c1cnn(C(C)(C)C)n1. The number of aromatic nitrogens is 3. The molecule has 0 saturated carbocycles. The molecule has 0 aliphatic heterocycles. The van der Waals surface area contributed by atoms with Crippen molar-refractivity contribution in [3.8, 4) is 0 Å². The molecule has 1 rings (SSSR count). The summed E-state index contributed by atoms with van der Waals surface area (Å²) in [5, 5.41) is 9.83. The zero-order valence-corrected chi connectivity index (χ0v) is 9.42. The van der Waals surface area contributed by atoms with Gasteiger partial charge in [0.15, 0.2) is 0 Å². The summed E-state index contributed by atoms with van der Waals surface area (Å²) in [4.78, 5) is 1.79. The summed E-state index contributed by atoms with van der Waals surface area (Å²) in [6, 6.07) is 0. The van der Waals surface area contributed by atoms with Crippen molar-refractivity contribution < 1.29 is 0 Å². The Morgan fingerprint density at radius 3 is 2.17 bits per heavy atom. The van der Waals surface area contributed by atoms with Gasteiger partial charge in [0.25, 0.3) is 0 Å². The van der Waals surface area contributed by atoms with Gasteiger partial charge in [-0.2, -0.15) is 15.0 Å². The Morgan fingerprint density at radius 2 is 1.92 bits per heavy atom. The molecule has 3 nitrogen and oxygen atoms in total. The fraction of sp³-hybridized carbons (Fsp3) is 0.750. The second kappa shape index (κ2) is 3.01. The number of rotatable bonds is 1. The molecular formula is C8H16N3Si. The van der Waals surface area contributed by atoms with Crippen LogP contribution in [0.4, 0.5) is 0 Å². The van der Waals surface area contributed by atoms with Crippen LogP contribution in [0.15, 0.2) is 6.20 Å². The first-order valence-electron chi connectivity index (χ1n) is 4.14. The molecule has 0 unspecified atom stereocenters. The minimum absolute atomic E-state index is 0.00949. The van der Waals surface area contributed by atoms with Crippen LogP contribution in [0.1, 0.15) is 20.8 Å². The van der Waals surface area contributed by atoms with Gasteiger partial charge in [0, 0.05) is 0 Å². The molecule has 1 aromatic heterocycles. The van der Waals surface area contributed by atoms with Gasteiger partial charge < -0.3 is 0 Å². The number of hydrogen-bond acceptors (Lipinski definition) is 2. The Morgan fingerprint density at radius 1 is 1.33 bits per heavy atom. The van der Waals surface area contributed by atoms with Crippen molar-refractivity contribution in [3.05, 3.63) is 6.20 Å². The van der Waals surface area contributed by atoms with Crippen LogP contribution >= 0.6 is 0 Å². The second-order valence-electron chi connectivity index (χ2n) is 4.19. The molecule has 4 heteroatoms. The van der Waals surface area contributed by atoms with Crippen LogP contribution < -0.4 is 5.32 Å². The largest absolute Gasteiger partial charge is 0.180 e. The van der Waals surface area contributed by atoms with E-state index in [1.807, 2.05) is 6.20 Å². The highest BCUT2D eigenvalue weighted by Crippen LogP contribution is 2.07. The molecular weight excluding hydrogens is 166 g/mol. The van der Waals surface area contributed by atoms with E-state index in [4.69, 9.17) is 0 Å². The van der Waals surface area contributed by atoms with Crippen molar-refractivity contribution in [2.75, 3.05) is 0 Å². The lowest BCUT2D eigenvalue weighted by molar-refractivity contribution is 0.313. The minimum Gasteiger partial charge on any atom is -0.180 e. The predicted octanol–water partition coefficient (Wildman–Crippen LogP) is 0.994. The quantitative estimate of drug-likeness (QED) is 0.607. The Bertz CT molecular complexity index is 260. The first-order chi connectivity index (χ1) is 5.41. The van der Waals surface area contributed by atoms with Crippen LogP contribution in [-0.2, 0) is 5.54 Å². The smallest absolute Gasteiger partial charge is 0.109 e. The predicted molar refractivity (Wildman–Crippen MR) is 52.1 cm³/mol. The van der Waals surface area contributed by atoms with Gasteiger partial charge in [-0.25, -0.2) is 0 Å². The van der Waals surface area contributed by atoms with Crippen LogP contribution in [0, 0.1) is 0 Å². The van der Waals surface area contributed by atoms with Crippen LogP contribution in [0.5, 0.6) is 0 Å². The first kappa shape index (κ1) is 9.44. The molecule has 0 atom stereocenters. The Hall–Kier alpha value is -0.643. The fourth-order valence-corrected chi connectivity index (χ4v) is 1.43. The molecule has 1 heterocycles. The molecule has 1 radical (unpaired) electrons. The van der Waals surface area contributed by atoms with Gasteiger partial charge in [0.1, 0.15) is 8.80 Å². The lowest BCUT2D eigenvalue weighted by Crippen LogP contribution is -2.29. The van der Waals surface area contributed by atoms with Gasteiger partial charge in [-0.15, -0.1) is 0 Å². The van der Waals surface area contributed by atoms with E-state index >= 15 is 0 Å². The van der Waals surface area contributed by atoms with Gasteiger partial charge in [0.05, 0.1) is 17.1 Å². The normalized spacial score (nSPS) is 12.5. The van der Waals surface area contributed by atoms with E-state index in [1.165, 1.54) is 0 Å². The van der Waals surface area contributed by atoms with Crippen molar-refractivity contribution in [2.24, 2.45) is 0 Å². The minimum atomic E-state index is -0.445. The Balaban J connectivity index is 2.92. The van der Waals surface area contributed by atoms with E-state index in [0.29, 0.717) is 0 Å². The highest BCUT2D eigenvalue weighted by Gasteiger charge is 2.16. The molecule has 0 aliphatic rings. The molecule has 1 aromatic rings. The standard InChI is InChI=1S/C8H16N3Si/c1-8(2,3)11-9-6-7(10-11)12(4)5/h6H,1-5H3. The van der Waals surface area contributed by atoms with E-state index in [1.54, 1.807) is 4.80 Å². The molecule has 0 bridgehead atoms. The zero-order valence-electron chi connectivity index (χ0n) is 8.42. The highest BCUT2D eigenvalue weighted by molar-refractivity contribution is 6.69. The number of nitrogens with zero attached hydrogens (tertiary/aromatic N) is 3. The first-order valence-corrected chi connectivity index (χ1v) is 6.64. The molecule has 0 N–H and O–H groups in total. The molecule has 0 fully saturated rings. The molecule has 12 heavy (non-hydrogen) atoms. The maximum absolute atomic E-state index is 4.43.